The summed E-state index contributed by atoms with van der Waals surface area (Å²) < 4.78 is 0. The van der Waals surface area contributed by atoms with Crippen LogP contribution in [-0.2, 0) is 13.0 Å². The van der Waals surface area contributed by atoms with E-state index in [1.54, 1.807) is 11.1 Å². The van der Waals surface area contributed by atoms with Crippen LogP contribution in [0.3, 0.4) is 0 Å². The molecule has 0 aliphatic carbocycles. The third-order valence-electron chi connectivity index (χ3n) is 4.00. The molecule has 7 heteroatoms. The summed E-state index contributed by atoms with van der Waals surface area (Å²) in [6.07, 6.45) is 2.48. The first-order valence-corrected chi connectivity index (χ1v) is 8.49. The molecule has 1 amide bonds. The minimum atomic E-state index is -0.0729. The van der Waals surface area contributed by atoms with Crippen LogP contribution in [0.1, 0.15) is 21.7 Å². The summed E-state index contributed by atoms with van der Waals surface area (Å²) in [6, 6.07) is 9.86. The van der Waals surface area contributed by atoms with Crippen LogP contribution in [-0.4, -0.2) is 32.3 Å². The fraction of sp³-hybridized carbons (Fsp3) is 0.176. The van der Waals surface area contributed by atoms with Crippen LogP contribution in [0.25, 0.3) is 10.6 Å². The molecule has 1 aliphatic rings. The number of nitrogen functional groups attached to an aromatic ring is 1. The SMILES string of the molecule is Nc1ncc2c(n1)CN(C(=O)c1csc(-c3ccccc3)n1)CC2. The zero-order chi connectivity index (χ0) is 16.5. The molecule has 0 saturated heterocycles. The van der Waals surface area contributed by atoms with Crippen molar-refractivity contribution in [1.82, 2.24) is 19.9 Å². The Bertz CT molecular complexity index is 893. The van der Waals surface area contributed by atoms with E-state index in [1.165, 1.54) is 11.3 Å². The van der Waals surface area contributed by atoms with Gasteiger partial charge in [0.05, 0.1) is 12.2 Å². The third kappa shape index (κ3) is 2.74. The van der Waals surface area contributed by atoms with Crippen molar-refractivity contribution < 1.29 is 4.79 Å². The molecule has 0 saturated carbocycles. The Labute approximate surface area is 143 Å². The van der Waals surface area contributed by atoms with E-state index in [0.29, 0.717) is 18.8 Å². The van der Waals surface area contributed by atoms with Gasteiger partial charge < -0.3 is 10.6 Å². The Balaban J connectivity index is 1.56. The van der Waals surface area contributed by atoms with E-state index in [-0.39, 0.29) is 11.9 Å². The van der Waals surface area contributed by atoms with Crippen LogP contribution in [0.4, 0.5) is 5.95 Å². The van der Waals surface area contributed by atoms with Gasteiger partial charge in [0.1, 0.15) is 10.7 Å². The lowest BCUT2D eigenvalue weighted by atomic mass is 10.1. The Morgan fingerprint density at radius 3 is 2.88 bits per heavy atom. The van der Waals surface area contributed by atoms with E-state index >= 15 is 0 Å². The van der Waals surface area contributed by atoms with Gasteiger partial charge in [-0.25, -0.2) is 15.0 Å². The maximum atomic E-state index is 12.7. The van der Waals surface area contributed by atoms with Crippen LogP contribution in [0.15, 0.2) is 41.9 Å². The van der Waals surface area contributed by atoms with Crippen molar-refractivity contribution in [3.63, 3.8) is 0 Å². The van der Waals surface area contributed by atoms with Gasteiger partial charge in [0.25, 0.3) is 5.91 Å². The summed E-state index contributed by atoms with van der Waals surface area (Å²) in [7, 11) is 0. The molecule has 0 unspecified atom stereocenters. The van der Waals surface area contributed by atoms with Gasteiger partial charge in [-0.1, -0.05) is 30.3 Å². The molecule has 0 spiro atoms. The van der Waals surface area contributed by atoms with Crippen LogP contribution in [0, 0.1) is 0 Å². The maximum Gasteiger partial charge on any atom is 0.273 e. The molecule has 6 nitrogen and oxygen atoms in total. The lowest BCUT2D eigenvalue weighted by Gasteiger charge is -2.27. The van der Waals surface area contributed by atoms with Gasteiger partial charge in [0.2, 0.25) is 5.95 Å². The quantitative estimate of drug-likeness (QED) is 0.776. The second kappa shape index (κ2) is 6.01. The largest absolute Gasteiger partial charge is 0.368 e. The topological polar surface area (TPSA) is 85.0 Å². The summed E-state index contributed by atoms with van der Waals surface area (Å²) in [6.45, 7) is 1.08. The molecule has 3 heterocycles. The molecule has 24 heavy (non-hydrogen) atoms. The van der Waals surface area contributed by atoms with Crippen molar-refractivity contribution in [2.75, 3.05) is 12.3 Å². The number of fused-ring (bicyclic) bond motifs is 1. The molecule has 120 valence electrons. The molecular weight excluding hydrogens is 322 g/mol. The first-order valence-electron chi connectivity index (χ1n) is 7.61. The number of carbonyl (C=O) groups is 1. The van der Waals surface area contributed by atoms with E-state index in [9.17, 15) is 4.79 Å². The van der Waals surface area contributed by atoms with Gasteiger partial charge in [-0.3, -0.25) is 4.79 Å². The lowest BCUT2D eigenvalue weighted by Crippen LogP contribution is -2.36. The summed E-state index contributed by atoms with van der Waals surface area (Å²) >= 11 is 1.48. The van der Waals surface area contributed by atoms with E-state index in [2.05, 4.69) is 15.0 Å². The minimum absolute atomic E-state index is 0.0729. The number of aromatic nitrogens is 3. The van der Waals surface area contributed by atoms with E-state index in [4.69, 9.17) is 5.73 Å². The van der Waals surface area contributed by atoms with Crippen LogP contribution in [0.5, 0.6) is 0 Å². The van der Waals surface area contributed by atoms with Crippen molar-refractivity contribution in [2.24, 2.45) is 0 Å². The second-order valence-electron chi connectivity index (χ2n) is 5.58. The van der Waals surface area contributed by atoms with Gasteiger partial charge >= 0.3 is 0 Å². The molecule has 1 aliphatic heterocycles. The van der Waals surface area contributed by atoms with Gasteiger partial charge in [-0.05, 0) is 12.0 Å². The van der Waals surface area contributed by atoms with Gasteiger partial charge in [-0.15, -0.1) is 11.3 Å². The van der Waals surface area contributed by atoms with Crippen molar-refractivity contribution >= 4 is 23.2 Å². The first kappa shape index (κ1) is 14.8. The molecule has 3 aromatic rings. The van der Waals surface area contributed by atoms with E-state index in [0.717, 1.165) is 28.2 Å². The van der Waals surface area contributed by atoms with Gasteiger partial charge in [0.15, 0.2) is 0 Å². The van der Waals surface area contributed by atoms with Crippen LogP contribution in [0.2, 0.25) is 0 Å². The Kier molecular flexibility index (Phi) is 3.70. The minimum Gasteiger partial charge on any atom is -0.368 e. The third-order valence-corrected chi connectivity index (χ3v) is 4.89. The van der Waals surface area contributed by atoms with Crippen molar-refractivity contribution in [1.29, 1.82) is 0 Å². The second-order valence-corrected chi connectivity index (χ2v) is 6.44. The number of hydrogen-bond acceptors (Lipinski definition) is 6. The zero-order valence-corrected chi connectivity index (χ0v) is 13.7. The summed E-state index contributed by atoms with van der Waals surface area (Å²) in [4.78, 5) is 27.3. The normalized spacial score (nSPS) is 13.6. The highest BCUT2D eigenvalue weighted by atomic mass is 32.1. The smallest absolute Gasteiger partial charge is 0.273 e. The Hall–Kier alpha value is -2.80. The Morgan fingerprint density at radius 1 is 1.21 bits per heavy atom. The highest BCUT2D eigenvalue weighted by molar-refractivity contribution is 7.13. The average molecular weight is 337 g/mol. The van der Waals surface area contributed by atoms with Gasteiger partial charge in [0, 0.05) is 23.7 Å². The van der Waals surface area contributed by atoms with E-state index < -0.39 is 0 Å². The predicted octanol–water partition coefficient (Wildman–Crippen LogP) is 2.38. The number of hydrogen-bond donors (Lipinski definition) is 1. The number of nitrogens with two attached hydrogens (primary N) is 1. The number of anilines is 1. The highest BCUT2D eigenvalue weighted by Crippen LogP contribution is 2.25. The number of nitrogens with zero attached hydrogens (tertiary/aromatic N) is 4. The predicted molar refractivity (Wildman–Crippen MR) is 92.4 cm³/mol. The zero-order valence-electron chi connectivity index (χ0n) is 12.8. The molecule has 2 N–H and O–H groups in total. The molecule has 2 aromatic heterocycles. The fourth-order valence-electron chi connectivity index (χ4n) is 2.74. The van der Waals surface area contributed by atoms with Crippen LogP contribution >= 0.6 is 11.3 Å². The van der Waals surface area contributed by atoms with E-state index in [1.807, 2.05) is 35.7 Å². The lowest BCUT2D eigenvalue weighted by molar-refractivity contribution is 0.0726. The molecule has 0 bridgehead atoms. The number of carbonyl (C=O) groups excluding carboxylic acids is 1. The van der Waals surface area contributed by atoms with Gasteiger partial charge in [-0.2, -0.15) is 0 Å². The molecule has 1 aromatic carbocycles. The van der Waals surface area contributed by atoms with Crippen LogP contribution < -0.4 is 5.73 Å². The number of thiazole rings is 1. The molecule has 0 radical (unpaired) electrons. The summed E-state index contributed by atoms with van der Waals surface area (Å²) in [5.74, 6) is 0.166. The molecule has 0 fully saturated rings. The van der Waals surface area contributed by atoms with Crippen molar-refractivity contribution in [3.8, 4) is 10.6 Å². The fourth-order valence-corrected chi connectivity index (χ4v) is 3.54. The molecule has 4 rings (SSSR count). The number of amides is 1. The van der Waals surface area contributed by atoms with Crippen molar-refractivity contribution in [2.45, 2.75) is 13.0 Å². The van der Waals surface area contributed by atoms with Crippen molar-refractivity contribution in [3.05, 3.63) is 58.9 Å². The summed E-state index contributed by atoms with van der Waals surface area (Å²) in [5, 5.41) is 2.66. The standard InChI is InChI=1S/C17H15N5OS/c18-17-19-8-12-6-7-22(9-13(12)21-17)16(23)14-10-24-15(20-14)11-4-2-1-3-5-11/h1-5,8,10H,6-7,9H2,(H2,18,19,21). The molecule has 0 atom stereocenters. The molecular formula is C17H15N5OS. The average Bonchev–Trinajstić information content (AvgIpc) is 3.11. The number of benzene rings is 1. The number of rotatable bonds is 2. The monoisotopic (exact) mass is 337 g/mol. The maximum absolute atomic E-state index is 12.7. The Morgan fingerprint density at radius 2 is 2.04 bits per heavy atom. The highest BCUT2D eigenvalue weighted by Gasteiger charge is 2.25. The first-order chi connectivity index (χ1) is 11.7. The summed E-state index contributed by atoms with van der Waals surface area (Å²) in [5.41, 5.74) is 9.01.